The third kappa shape index (κ3) is 24.2. The number of unbranched alkanes of at least 4 members (excludes halogenated alkanes) is 12. The average molecular weight is 526 g/mol. The Morgan fingerprint density at radius 3 is 1.38 bits per heavy atom. The molecular formula is C30H55NO6. The quantitative estimate of drug-likeness (QED) is 0.0724. The van der Waals surface area contributed by atoms with E-state index in [9.17, 15) is 19.5 Å². The van der Waals surface area contributed by atoms with Crippen LogP contribution < -0.4 is 5.11 Å². The lowest BCUT2D eigenvalue weighted by Crippen LogP contribution is -2.51. The fourth-order valence-corrected chi connectivity index (χ4v) is 5.06. The van der Waals surface area contributed by atoms with Gasteiger partial charge in [-0.15, -0.1) is 0 Å². The zero-order valence-corrected chi connectivity index (χ0v) is 23.6. The molecule has 216 valence electrons. The summed E-state index contributed by atoms with van der Waals surface area (Å²) in [5.74, 6) is -2.77. The van der Waals surface area contributed by atoms with E-state index in [1.54, 1.807) is 0 Å². The molecule has 0 radical (unpaired) electrons. The minimum atomic E-state index is -1.08. The Morgan fingerprint density at radius 2 is 0.946 bits per heavy atom. The van der Waals surface area contributed by atoms with Gasteiger partial charge in [-0.3, -0.25) is 9.59 Å². The highest BCUT2D eigenvalue weighted by atomic mass is 16.4. The van der Waals surface area contributed by atoms with Gasteiger partial charge in [-0.1, -0.05) is 76.9 Å². The average Bonchev–Trinajstić information content (AvgIpc) is 2.83. The highest BCUT2D eigenvalue weighted by molar-refractivity contribution is 5.66. The van der Waals surface area contributed by atoms with E-state index >= 15 is 0 Å². The van der Waals surface area contributed by atoms with E-state index in [1.807, 2.05) is 0 Å². The summed E-state index contributed by atoms with van der Waals surface area (Å²) in [6, 6.07) is 0. The van der Waals surface area contributed by atoms with Gasteiger partial charge in [0.05, 0.1) is 39.0 Å². The smallest absolute Gasteiger partial charge is 0.303 e. The maximum Gasteiger partial charge on any atom is 0.303 e. The second kappa shape index (κ2) is 24.4. The number of hydrogen-bond acceptors (Lipinski definition) is 4. The molecule has 0 heterocycles. The first-order chi connectivity index (χ1) is 17.8. The molecule has 0 saturated carbocycles. The number of allylic oxidation sites excluding steroid dienone is 2. The third-order valence-corrected chi connectivity index (χ3v) is 7.20. The van der Waals surface area contributed by atoms with E-state index in [0.29, 0.717) is 43.4 Å². The van der Waals surface area contributed by atoms with E-state index in [2.05, 4.69) is 19.1 Å². The Balaban J connectivity index is 4.34. The van der Waals surface area contributed by atoms with Crippen molar-refractivity contribution in [1.29, 1.82) is 0 Å². The minimum Gasteiger partial charge on any atom is -0.550 e. The molecule has 0 unspecified atom stereocenters. The molecular weight excluding hydrogens is 470 g/mol. The summed E-state index contributed by atoms with van der Waals surface area (Å²) in [5, 5.41) is 29.0. The molecule has 0 aliphatic heterocycles. The topological polar surface area (TPSA) is 115 Å². The van der Waals surface area contributed by atoms with Crippen LogP contribution in [-0.4, -0.2) is 58.8 Å². The number of nitrogens with zero attached hydrogens (tertiary/aromatic N) is 1. The van der Waals surface area contributed by atoms with Gasteiger partial charge in [-0.2, -0.15) is 0 Å². The standard InChI is InChI=1S/C30H55NO6/c1-2-3-4-5-6-7-8-9-10-11-12-13-14-15-16-17-24-31(25-18-21-28(32)33,26-19-22-29(34)35)27-20-23-30(36)37/h13-14H,2-12,15-27H2,1H3,(H2-,32,33,34,35,36,37)/b14-13+. The van der Waals surface area contributed by atoms with Crippen LogP contribution in [0.3, 0.4) is 0 Å². The van der Waals surface area contributed by atoms with Crippen LogP contribution in [0.15, 0.2) is 12.2 Å². The summed E-state index contributed by atoms with van der Waals surface area (Å²) in [4.78, 5) is 33.0. The van der Waals surface area contributed by atoms with Gasteiger partial charge in [0.15, 0.2) is 0 Å². The number of rotatable bonds is 28. The van der Waals surface area contributed by atoms with Gasteiger partial charge in [0, 0.05) is 25.2 Å². The molecule has 0 aromatic carbocycles. The summed E-state index contributed by atoms with van der Waals surface area (Å²) in [5.41, 5.74) is 0. The number of carboxylic acid groups (broad SMARTS) is 3. The van der Waals surface area contributed by atoms with Gasteiger partial charge in [0.1, 0.15) is 0 Å². The van der Waals surface area contributed by atoms with Crippen molar-refractivity contribution in [2.75, 3.05) is 26.2 Å². The zero-order chi connectivity index (χ0) is 27.6. The minimum absolute atomic E-state index is 0.0282. The second-order valence-electron chi connectivity index (χ2n) is 10.6. The Kier molecular flexibility index (Phi) is 23.2. The molecule has 0 spiro atoms. The van der Waals surface area contributed by atoms with Gasteiger partial charge in [0.25, 0.3) is 0 Å². The molecule has 0 aromatic rings. The molecule has 0 aliphatic rings. The van der Waals surface area contributed by atoms with Crippen LogP contribution in [-0.2, 0) is 14.4 Å². The van der Waals surface area contributed by atoms with Crippen LogP contribution in [0.25, 0.3) is 0 Å². The Labute approximate surface area is 225 Å². The van der Waals surface area contributed by atoms with E-state index in [4.69, 9.17) is 10.2 Å². The van der Waals surface area contributed by atoms with E-state index in [1.165, 1.54) is 64.2 Å². The molecule has 0 bridgehead atoms. The largest absolute Gasteiger partial charge is 0.550 e. The monoisotopic (exact) mass is 525 g/mol. The maximum absolute atomic E-state index is 11.0. The zero-order valence-electron chi connectivity index (χ0n) is 23.6. The molecule has 7 heteroatoms. The highest BCUT2D eigenvalue weighted by Crippen LogP contribution is 2.18. The number of quaternary nitrogens is 1. The van der Waals surface area contributed by atoms with Crippen LogP contribution in [0.4, 0.5) is 0 Å². The van der Waals surface area contributed by atoms with Gasteiger partial charge in [-0.05, 0) is 38.5 Å². The summed E-state index contributed by atoms with van der Waals surface area (Å²) < 4.78 is 0.593. The highest BCUT2D eigenvalue weighted by Gasteiger charge is 2.26. The lowest BCUT2D eigenvalue weighted by Gasteiger charge is -2.39. The van der Waals surface area contributed by atoms with Crippen LogP contribution in [0, 0.1) is 0 Å². The molecule has 0 fully saturated rings. The molecule has 7 nitrogen and oxygen atoms in total. The van der Waals surface area contributed by atoms with Gasteiger partial charge >= 0.3 is 11.9 Å². The van der Waals surface area contributed by atoms with E-state index in [0.717, 1.165) is 32.2 Å². The molecule has 0 atom stereocenters. The van der Waals surface area contributed by atoms with E-state index in [-0.39, 0.29) is 19.3 Å². The predicted molar refractivity (Wildman–Crippen MR) is 147 cm³/mol. The second-order valence-corrected chi connectivity index (χ2v) is 10.6. The van der Waals surface area contributed by atoms with Crippen molar-refractivity contribution < 1.29 is 34.2 Å². The third-order valence-electron chi connectivity index (χ3n) is 7.20. The predicted octanol–water partition coefficient (Wildman–Crippen LogP) is 6.10. The fraction of sp³-hybridized carbons (Fsp3) is 0.833. The molecule has 0 rings (SSSR count). The Bertz CT molecular complexity index is 569. The molecule has 0 amide bonds. The molecule has 0 saturated heterocycles. The summed E-state index contributed by atoms with van der Waals surface area (Å²) in [6.07, 6.45) is 23.7. The van der Waals surface area contributed by atoms with Crippen LogP contribution >= 0.6 is 0 Å². The first kappa shape index (κ1) is 35.1. The summed E-state index contributed by atoms with van der Waals surface area (Å²) in [7, 11) is 0. The van der Waals surface area contributed by atoms with Crippen LogP contribution in [0.1, 0.15) is 135 Å². The molecule has 0 aromatic heterocycles. The van der Waals surface area contributed by atoms with E-state index < -0.39 is 17.9 Å². The Hall–Kier alpha value is -1.89. The van der Waals surface area contributed by atoms with Crippen molar-refractivity contribution in [2.24, 2.45) is 0 Å². The van der Waals surface area contributed by atoms with Crippen LogP contribution in [0.2, 0.25) is 0 Å². The van der Waals surface area contributed by atoms with Crippen molar-refractivity contribution in [2.45, 2.75) is 135 Å². The number of carbonyl (C=O) groups excluding carboxylic acids is 1. The summed E-state index contributed by atoms with van der Waals surface area (Å²) in [6.45, 7) is 4.95. The number of hydrogen-bond donors (Lipinski definition) is 2. The molecule has 0 aliphatic carbocycles. The lowest BCUT2D eigenvalue weighted by molar-refractivity contribution is -0.929. The van der Waals surface area contributed by atoms with Crippen molar-refractivity contribution in [1.82, 2.24) is 0 Å². The van der Waals surface area contributed by atoms with Crippen molar-refractivity contribution >= 4 is 17.9 Å². The molecule has 2 N–H and O–H groups in total. The normalized spacial score (nSPS) is 11.8. The number of aliphatic carboxylic acids is 3. The van der Waals surface area contributed by atoms with Crippen molar-refractivity contribution in [3.8, 4) is 0 Å². The SMILES string of the molecule is CCCCCCCCCCCC/C=C/CCCC[N+](CCCC(=O)[O-])(CCCC(=O)O)CCCC(=O)O. The maximum atomic E-state index is 11.0. The first-order valence-electron chi connectivity index (χ1n) is 14.9. The number of carboxylic acids is 3. The van der Waals surface area contributed by atoms with Gasteiger partial charge < -0.3 is 24.6 Å². The van der Waals surface area contributed by atoms with Crippen molar-refractivity contribution in [3.05, 3.63) is 12.2 Å². The van der Waals surface area contributed by atoms with Crippen LogP contribution in [0.5, 0.6) is 0 Å². The summed E-state index contributed by atoms with van der Waals surface area (Å²) >= 11 is 0. The van der Waals surface area contributed by atoms with Gasteiger partial charge in [0.2, 0.25) is 0 Å². The first-order valence-corrected chi connectivity index (χ1v) is 14.9. The molecule has 37 heavy (non-hydrogen) atoms. The van der Waals surface area contributed by atoms with Crippen molar-refractivity contribution in [3.63, 3.8) is 0 Å². The lowest BCUT2D eigenvalue weighted by atomic mass is 10.1. The number of carbonyl (C=O) groups is 3. The fourth-order valence-electron chi connectivity index (χ4n) is 5.06. The van der Waals surface area contributed by atoms with Gasteiger partial charge in [-0.25, -0.2) is 0 Å². The Morgan fingerprint density at radius 1 is 0.568 bits per heavy atom.